The van der Waals surface area contributed by atoms with Gasteiger partial charge in [0, 0.05) is 6.54 Å². The first-order valence-corrected chi connectivity index (χ1v) is 9.16. The van der Waals surface area contributed by atoms with Crippen molar-refractivity contribution in [2.24, 2.45) is 11.7 Å². The lowest BCUT2D eigenvalue weighted by molar-refractivity contribution is -0.150. The van der Waals surface area contributed by atoms with Gasteiger partial charge in [-0.2, -0.15) is 0 Å². The fraction of sp³-hybridized carbons (Fsp3) is 0.706. The molecular formula is C17H28N4O7. The lowest BCUT2D eigenvalue weighted by atomic mass is 9.97. The fourth-order valence-corrected chi connectivity index (χ4v) is 2.95. The predicted molar refractivity (Wildman–Crippen MR) is 97.0 cm³/mol. The highest BCUT2D eigenvalue weighted by Crippen LogP contribution is 2.21. The van der Waals surface area contributed by atoms with Gasteiger partial charge in [0.05, 0.1) is 19.0 Å². The molecular weight excluding hydrogens is 372 g/mol. The fourth-order valence-electron chi connectivity index (χ4n) is 2.95. The molecule has 0 bridgehead atoms. The van der Waals surface area contributed by atoms with E-state index in [1.165, 1.54) is 4.90 Å². The van der Waals surface area contributed by atoms with Crippen molar-refractivity contribution in [2.75, 3.05) is 13.1 Å². The monoisotopic (exact) mass is 400 g/mol. The maximum Gasteiger partial charge on any atom is 0.326 e. The van der Waals surface area contributed by atoms with Crippen molar-refractivity contribution >= 4 is 29.7 Å². The second kappa shape index (κ2) is 10.6. The predicted octanol–water partition coefficient (Wildman–Crippen LogP) is -1.49. The van der Waals surface area contributed by atoms with Crippen LogP contribution in [0.4, 0.5) is 0 Å². The number of hydrogen-bond donors (Lipinski definition) is 5. The number of carboxylic acid groups (broad SMARTS) is 2. The van der Waals surface area contributed by atoms with Gasteiger partial charge in [-0.25, -0.2) is 4.79 Å². The Kier molecular flexibility index (Phi) is 8.83. The van der Waals surface area contributed by atoms with E-state index in [1.807, 2.05) is 6.92 Å². The molecule has 1 heterocycles. The average molecular weight is 400 g/mol. The molecule has 0 aromatic heterocycles. The summed E-state index contributed by atoms with van der Waals surface area (Å²) in [5.41, 5.74) is 5.41. The minimum atomic E-state index is -1.29. The first kappa shape index (κ1) is 23.3. The highest BCUT2D eigenvalue weighted by molar-refractivity contribution is 5.93. The third-order valence-corrected chi connectivity index (χ3v) is 4.77. The quantitative estimate of drug-likeness (QED) is 0.294. The van der Waals surface area contributed by atoms with Crippen molar-refractivity contribution in [3.63, 3.8) is 0 Å². The molecule has 1 fully saturated rings. The number of likely N-dealkylation sites (tertiary alicyclic amines) is 1. The number of aliphatic carboxylic acids is 2. The molecule has 4 unspecified atom stereocenters. The number of nitrogens with one attached hydrogen (secondary N) is 2. The van der Waals surface area contributed by atoms with E-state index in [0.29, 0.717) is 25.8 Å². The summed E-state index contributed by atoms with van der Waals surface area (Å²) < 4.78 is 0. The molecule has 11 nitrogen and oxygen atoms in total. The number of carbonyl (C=O) groups excluding carboxylic acids is 3. The molecule has 1 rings (SSSR count). The summed E-state index contributed by atoms with van der Waals surface area (Å²) in [6.45, 7) is 3.42. The van der Waals surface area contributed by atoms with Crippen molar-refractivity contribution in [3.8, 4) is 0 Å². The van der Waals surface area contributed by atoms with Crippen molar-refractivity contribution in [1.29, 1.82) is 0 Å². The summed E-state index contributed by atoms with van der Waals surface area (Å²) in [6, 6.07) is -3.13. The number of nitrogens with two attached hydrogens (primary N) is 1. The van der Waals surface area contributed by atoms with Gasteiger partial charge in [-0.15, -0.1) is 0 Å². The van der Waals surface area contributed by atoms with Crippen LogP contribution in [0.5, 0.6) is 0 Å². The van der Waals surface area contributed by atoms with E-state index >= 15 is 0 Å². The van der Waals surface area contributed by atoms with E-state index in [1.54, 1.807) is 6.92 Å². The third-order valence-electron chi connectivity index (χ3n) is 4.77. The van der Waals surface area contributed by atoms with Crippen LogP contribution >= 0.6 is 0 Å². The van der Waals surface area contributed by atoms with E-state index < -0.39 is 60.8 Å². The molecule has 6 N–H and O–H groups in total. The smallest absolute Gasteiger partial charge is 0.326 e. The molecule has 0 aliphatic carbocycles. The molecule has 11 heteroatoms. The standard InChI is InChI=1S/C17H28N4O7/c1-3-9(2)14(16(26)21-6-4-5-11(21)17(27)28)20-12(22)8-19-15(25)10(18)7-13(23)24/h9-11,14H,3-8,18H2,1-2H3,(H,19,25)(H,20,22)(H,23,24)(H,27,28). The average Bonchev–Trinajstić information content (AvgIpc) is 3.12. The van der Waals surface area contributed by atoms with Gasteiger partial charge < -0.3 is 31.5 Å². The van der Waals surface area contributed by atoms with E-state index in [0.717, 1.165) is 0 Å². The molecule has 3 amide bonds. The summed E-state index contributed by atoms with van der Waals surface area (Å²) in [7, 11) is 0. The number of hydrogen-bond acceptors (Lipinski definition) is 6. The summed E-state index contributed by atoms with van der Waals surface area (Å²) >= 11 is 0. The van der Waals surface area contributed by atoms with Gasteiger partial charge in [0.25, 0.3) is 0 Å². The molecule has 1 saturated heterocycles. The van der Waals surface area contributed by atoms with E-state index in [9.17, 15) is 29.1 Å². The Hall–Kier alpha value is -2.69. The molecule has 1 aliphatic rings. The minimum absolute atomic E-state index is 0.253. The Labute approximate surface area is 162 Å². The van der Waals surface area contributed by atoms with Crippen molar-refractivity contribution in [3.05, 3.63) is 0 Å². The first-order chi connectivity index (χ1) is 13.1. The van der Waals surface area contributed by atoms with Crippen LogP contribution in [-0.2, 0) is 24.0 Å². The molecule has 0 radical (unpaired) electrons. The lowest BCUT2D eigenvalue weighted by Gasteiger charge is -2.30. The summed E-state index contributed by atoms with van der Waals surface area (Å²) in [6.07, 6.45) is 0.923. The summed E-state index contributed by atoms with van der Waals surface area (Å²) in [5.74, 6) is -4.50. The number of carbonyl (C=O) groups is 5. The Morgan fingerprint density at radius 1 is 1.21 bits per heavy atom. The number of carboxylic acids is 2. The summed E-state index contributed by atoms with van der Waals surface area (Å²) in [4.78, 5) is 59.9. The third kappa shape index (κ3) is 6.48. The van der Waals surface area contributed by atoms with Crippen LogP contribution in [0, 0.1) is 5.92 Å². The largest absolute Gasteiger partial charge is 0.481 e. The zero-order chi connectivity index (χ0) is 21.4. The minimum Gasteiger partial charge on any atom is -0.481 e. The Balaban J connectivity index is 2.72. The molecule has 4 atom stereocenters. The van der Waals surface area contributed by atoms with Crippen molar-refractivity contribution in [2.45, 2.75) is 57.7 Å². The zero-order valence-corrected chi connectivity index (χ0v) is 16.0. The van der Waals surface area contributed by atoms with Crippen LogP contribution in [-0.4, -0.2) is 76.0 Å². The van der Waals surface area contributed by atoms with Crippen LogP contribution < -0.4 is 16.4 Å². The van der Waals surface area contributed by atoms with Crippen LogP contribution in [0.1, 0.15) is 39.5 Å². The normalized spacial score (nSPS) is 19.4. The van der Waals surface area contributed by atoms with E-state index in [4.69, 9.17) is 10.8 Å². The Morgan fingerprint density at radius 3 is 2.39 bits per heavy atom. The van der Waals surface area contributed by atoms with Gasteiger partial charge in [-0.05, 0) is 18.8 Å². The molecule has 0 spiro atoms. The SMILES string of the molecule is CCC(C)C(NC(=O)CNC(=O)C(N)CC(=O)O)C(=O)N1CCCC1C(=O)O. The molecule has 0 saturated carbocycles. The van der Waals surface area contributed by atoms with Crippen molar-refractivity contribution in [1.82, 2.24) is 15.5 Å². The van der Waals surface area contributed by atoms with Gasteiger partial charge in [0.1, 0.15) is 12.1 Å². The van der Waals surface area contributed by atoms with Gasteiger partial charge in [0.15, 0.2) is 0 Å². The number of rotatable bonds is 10. The first-order valence-electron chi connectivity index (χ1n) is 9.16. The highest BCUT2D eigenvalue weighted by Gasteiger charge is 2.39. The topological polar surface area (TPSA) is 179 Å². The molecule has 0 aromatic rings. The highest BCUT2D eigenvalue weighted by atomic mass is 16.4. The number of nitrogens with zero attached hydrogens (tertiary/aromatic N) is 1. The van der Waals surface area contributed by atoms with Gasteiger partial charge >= 0.3 is 11.9 Å². The van der Waals surface area contributed by atoms with Crippen LogP contribution in [0.25, 0.3) is 0 Å². The molecule has 0 aromatic carbocycles. The Bertz CT molecular complexity index is 625. The van der Waals surface area contributed by atoms with Gasteiger partial charge in [-0.1, -0.05) is 20.3 Å². The molecule has 1 aliphatic heterocycles. The van der Waals surface area contributed by atoms with E-state index in [2.05, 4.69) is 10.6 Å². The second-order valence-electron chi connectivity index (χ2n) is 6.88. The molecule has 28 heavy (non-hydrogen) atoms. The summed E-state index contributed by atoms with van der Waals surface area (Å²) in [5, 5.41) is 22.7. The maximum absolute atomic E-state index is 12.8. The van der Waals surface area contributed by atoms with Crippen molar-refractivity contribution < 1.29 is 34.2 Å². The number of amides is 3. The zero-order valence-electron chi connectivity index (χ0n) is 16.0. The van der Waals surface area contributed by atoms with Gasteiger partial charge in [-0.3, -0.25) is 19.2 Å². The maximum atomic E-state index is 12.8. The van der Waals surface area contributed by atoms with Crippen LogP contribution in [0.2, 0.25) is 0 Å². The molecule has 158 valence electrons. The Morgan fingerprint density at radius 2 is 1.86 bits per heavy atom. The van der Waals surface area contributed by atoms with Gasteiger partial charge in [0.2, 0.25) is 17.7 Å². The van der Waals surface area contributed by atoms with Crippen LogP contribution in [0.3, 0.4) is 0 Å². The van der Waals surface area contributed by atoms with Crippen LogP contribution in [0.15, 0.2) is 0 Å². The van der Waals surface area contributed by atoms with E-state index in [-0.39, 0.29) is 5.92 Å². The lowest BCUT2D eigenvalue weighted by Crippen LogP contribution is -2.56. The second-order valence-corrected chi connectivity index (χ2v) is 6.88.